The number of fused-ring (bicyclic) bond motifs is 3. The van der Waals surface area contributed by atoms with Crippen molar-refractivity contribution in [2.75, 3.05) is 19.1 Å². The largest absolute Gasteiger partial charge is 0.465 e. The number of rotatable bonds is 3. The van der Waals surface area contributed by atoms with Crippen molar-refractivity contribution >= 4 is 11.7 Å². The van der Waals surface area contributed by atoms with Crippen molar-refractivity contribution in [3.05, 3.63) is 35.8 Å². The number of benzene rings is 1. The van der Waals surface area contributed by atoms with E-state index in [-0.39, 0.29) is 12.1 Å². The minimum atomic E-state index is -0.351. The molecule has 0 aliphatic carbocycles. The molecule has 2 heterocycles. The molecule has 6 heteroatoms. The standard InChI is InChI=1S/C17H22N4O2/c1-10(2)8-21-9-19-14-15(21)12-6-5-11(17(22)23-4)7-13(12)20(3)16(14)18/h5-7,9-10,16H,8,18H2,1-4H3. The fourth-order valence-electron chi connectivity index (χ4n) is 3.04. The molecular formula is C17H22N4O2. The molecule has 0 amide bonds. The predicted molar refractivity (Wildman–Crippen MR) is 89.2 cm³/mol. The van der Waals surface area contributed by atoms with Crippen LogP contribution in [0.25, 0.3) is 11.3 Å². The number of nitrogens with two attached hydrogens (primary N) is 1. The maximum atomic E-state index is 11.8. The zero-order valence-electron chi connectivity index (χ0n) is 13.9. The third kappa shape index (κ3) is 2.49. The third-order valence-corrected chi connectivity index (χ3v) is 4.18. The maximum Gasteiger partial charge on any atom is 0.337 e. The van der Waals surface area contributed by atoms with Crippen molar-refractivity contribution < 1.29 is 9.53 Å². The number of esters is 1. The molecule has 23 heavy (non-hydrogen) atoms. The van der Waals surface area contributed by atoms with E-state index in [0.29, 0.717) is 11.5 Å². The fourth-order valence-corrected chi connectivity index (χ4v) is 3.04. The van der Waals surface area contributed by atoms with Gasteiger partial charge in [0.15, 0.2) is 0 Å². The zero-order valence-corrected chi connectivity index (χ0v) is 13.9. The number of anilines is 1. The number of aromatic nitrogens is 2. The van der Waals surface area contributed by atoms with Crippen LogP contribution >= 0.6 is 0 Å². The van der Waals surface area contributed by atoms with Crippen molar-refractivity contribution in [1.82, 2.24) is 9.55 Å². The molecule has 1 aromatic carbocycles. The van der Waals surface area contributed by atoms with E-state index in [1.54, 1.807) is 6.07 Å². The Balaban J connectivity index is 2.16. The number of carbonyl (C=O) groups excluding carboxylic acids is 1. The molecule has 1 aromatic heterocycles. The number of hydrogen-bond acceptors (Lipinski definition) is 5. The van der Waals surface area contributed by atoms with E-state index in [1.807, 2.05) is 30.4 Å². The molecule has 1 atom stereocenters. The summed E-state index contributed by atoms with van der Waals surface area (Å²) in [6, 6.07) is 5.56. The molecule has 0 fully saturated rings. The summed E-state index contributed by atoms with van der Waals surface area (Å²) in [7, 11) is 3.29. The molecule has 6 nitrogen and oxygen atoms in total. The minimum Gasteiger partial charge on any atom is -0.465 e. The normalized spacial score (nSPS) is 16.3. The molecule has 2 aromatic rings. The summed E-state index contributed by atoms with van der Waals surface area (Å²) in [4.78, 5) is 18.3. The topological polar surface area (TPSA) is 73.4 Å². The second-order valence-electron chi connectivity index (χ2n) is 6.30. The lowest BCUT2D eigenvalue weighted by Gasteiger charge is -2.33. The van der Waals surface area contributed by atoms with Crippen molar-refractivity contribution in [3.63, 3.8) is 0 Å². The number of nitrogens with zero attached hydrogens (tertiary/aromatic N) is 3. The Bertz CT molecular complexity index is 751. The Morgan fingerprint density at radius 1 is 1.43 bits per heavy atom. The molecule has 2 N–H and O–H groups in total. The van der Waals surface area contributed by atoms with Crippen LogP contribution in [0.4, 0.5) is 5.69 Å². The van der Waals surface area contributed by atoms with Crippen LogP contribution in [0, 0.1) is 5.92 Å². The zero-order chi connectivity index (χ0) is 16.7. The van der Waals surface area contributed by atoms with Gasteiger partial charge in [-0.2, -0.15) is 0 Å². The summed E-state index contributed by atoms with van der Waals surface area (Å²) in [6.07, 6.45) is 1.51. The van der Waals surface area contributed by atoms with E-state index in [2.05, 4.69) is 23.4 Å². The molecule has 1 aliphatic rings. The summed E-state index contributed by atoms with van der Waals surface area (Å²) >= 11 is 0. The van der Waals surface area contributed by atoms with Gasteiger partial charge in [0, 0.05) is 24.8 Å². The Labute approximate surface area is 135 Å². The van der Waals surface area contributed by atoms with Gasteiger partial charge in [-0.15, -0.1) is 0 Å². The quantitative estimate of drug-likeness (QED) is 0.881. The van der Waals surface area contributed by atoms with Crippen molar-refractivity contribution in [1.29, 1.82) is 0 Å². The van der Waals surface area contributed by atoms with Gasteiger partial charge in [0.2, 0.25) is 0 Å². The fraction of sp³-hybridized carbons (Fsp3) is 0.412. The Morgan fingerprint density at radius 3 is 2.83 bits per heavy atom. The summed E-state index contributed by atoms with van der Waals surface area (Å²) in [6.45, 7) is 5.21. The van der Waals surface area contributed by atoms with Crippen molar-refractivity contribution in [2.45, 2.75) is 26.6 Å². The first-order chi connectivity index (χ1) is 10.9. The van der Waals surface area contributed by atoms with Gasteiger partial charge in [-0.05, 0) is 24.1 Å². The average Bonchev–Trinajstić information content (AvgIpc) is 2.94. The smallest absolute Gasteiger partial charge is 0.337 e. The molecule has 0 bridgehead atoms. The van der Waals surface area contributed by atoms with Crippen LogP contribution in [-0.2, 0) is 11.3 Å². The van der Waals surface area contributed by atoms with Gasteiger partial charge in [-0.25, -0.2) is 9.78 Å². The SMILES string of the molecule is COC(=O)c1ccc2c(c1)N(C)C(N)c1ncn(CC(C)C)c1-2. The molecule has 122 valence electrons. The summed E-state index contributed by atoms with van der Waals surface area (Å²) in [5, 5.41) is 0. The minimum absolute atomic E-state index is 0.334. The lowest BCUT2D eigenvalue weighted by Crippen LogP contribution is -2.35. The van der Waals surface area contributed by atoms with E-state index >= 15 is 0 Å². The summed E-state index contributed by atoms with van der Waals surface area (Å²) < 4.78 is 6.96. The van der Waals surface area contributed by atoms with E-state index < -0.39 is 0 Å². The lowest BCUT2D eigenvalue weighted by atomic mass is 9.98. The van der Waals surface area contributed by atoms with Crippen molar-refractivity contribution in [2.24, 2.45) is 11.7 Å². The Morgan fingerprint density at radius 2 is 2.17 bits per heavy atom. The van der Waals surface area contributed by atoms with Gasteiger partial charge in [0.25, 0.3) is 0 Å². The Hall–Kier alpha value is -2.34. The highest BCUT2D eigenvalue weighted by Crippen LogP contribution is 2.42. The predicted octanol–water partition coefficient (Wildman–Crippen LogP) is 2.40. The second-order valence-corrected chi connectivity index (χ2v) is 6.30. The molecule has 0 saturated heterocycles. The highest BCUT2D eigenvalue weighted by atomic mass is 16.5. The average molecular weight is 314 g/mol. The number of imidazole rings is 1. The van der Waals surface area contributed by atoms with Crippen LogP contribution < -0.4 is 10.6 Å². The van der Waals surface area contributed by atoms with Gasteiger partial charge in [0.1, 0.15) is 11.9 Å². The van der Waals surface area contributed by atoms with Crippen LogP contribution in [0.5, 0.6) is 0 Å². The van der Waals surface area contributed by atoms with Crippen molar-refractivity contribution in [3.8, 4) is 11.3 Å². The maximum absolute atomic E-state index is 11.8. The van der Waals surface area contributed by atoms with Gasteiger partial charge >= 0.3 is 5.97 Å². The molecule has 1 unspecified atom stereocenters. The number of carbonyl (C=O) groups is 1. The molecule has 3 rings (SSSR count). The molecule has 1 aliphatic heterocycles. The highest BCUT2D eigenvalue weighted by Gasteiger charge is 2.31. The summed E-state index contributed by atoms with van der Waals surface area (Å²) in [5.41, 5.74) is 10.7. The number of methoxy groups -OCH3 is 1. The van der Waals surface area contributed by atoms with Gasteiger partial charge in [0.05, 0.1) is 24.7 Å². The first-order valence-electron chi connectivity index (χ1n) is 7.70. The molecule has 0 spiro atoms. The van der Waals surface area contributed by atoms with Gasteiger partial charge in [-0.1, -0.05) is 13.8 Å². The third-order valence-electron chi connectivity index (χ3n) is 4.18. The van der Waals surface area contributed by atoms with E-state index in [0.717, 1.165) is 29.2 Å². The first kappa shape index (κ1) is 15.6. The van der Waals surface area contributed by atoms with E-state index in [1.165, 1.54) is 7.11 Å². The van der Waals surface area contributed by atoms with Crippen LogP contribution in [0.1, 0.15) is 36.1 Å². The summed E-state index contributed by atoms with van der Waals surface area (Å²) in [5.74, 6) is 0.151. The van der Waals surface area contributed by atoms with Crippen LogP contribution in [0.15, 0.2) is 24.5 Å². The Kier molecular flexibility index (Phi) is 3.85. The lowest BCUT2D eigenvalue weighted by molar-refractivity contribution is 0.0601. The molecule has 0 radical (unpaired) electrons. The van der Waals surface area contributed by atoms with Gasteiger partial charge < -0.3 is 19.9 Å². The van der Waals surface area contributed by atoms with E-state index in [4.69, 9.17) is 10.5 Å². The van der Waals surface area contributed by atoms with Gasteiger partial charge in [-0.3, -0.25) is 0 Å². The monoisotopic (exact) mass is 314 g/mol. The second kappa shape index (κ2) is 5.70. The van der Waals surface area contributed by atoms with Crippen LogP contribution in [0.2, 0.25) is 0 Å². The first-order valence-corrected chi connectivity index (χ1v) is 7.70. The van der Waals surface area contributed by atoms with Crippen LogP contribution in [-0.4, -0.2) is 29.7 Å². The van der Waals surface area contributed by atoms with E-state index in [9.17, 15) is 4.79 Å². The molecular weight excluding hydrogens is 292 g/mol. The molecule has 0 saturated carbocycles. The highest BCUT2D eigenvalue weighted by molar-refractivity contribution is 5.94. The number of ether oxygens (including phenoxy) is 1. The number of hydrogen-bond donors (Lipinski definition) is 1. The van der Waals surface area contributed by atoms with Crippen LogP contribution in [0.3, 0.4) is 0 Å².